The lowest BCUT2D eigenvalue weighted by molar-refractivity contribution is 0.245. The number of aryl methyl sites for hydroxylation is 1. The second-order valence-corrected chi connectivity index (χ2v) is 5.88. The van der Waals surface area contributed by atoms with Crippen LogP contribution in [0.2, 0.25) is 0 Å². The molecule has 102 valence electrons. The number of rotatable bonds is 5. The minimum atomic E-state index is 0.701. The topological polar surface area (TPSA) is 29.9 Å². The third kappa shape index (κ3) is 3.14. The van der Waals surface area contributed by atoms with Gasteiger partial charge in [0.05, 0.1) is 6.20 Å². The molecule has 1 heterocycles. The second-order valence-electron chi connectivity index (χ2n) is 5.88. The van der Waals surface area contributed by atoms with E-state index in [-0.39, 0.29) is 0 Å². The lowest BCUT2D eigenvalue weighted by Gasteiger charge is -2.34. The first-order chi connectivity index (χ1) is 8.74. The normalized spacial score (nSPS) is 28.5. The maximum Gasteiger partial charge on any atom is 0.0524 e. The highest BCUT2D eigenvalue weighted by molar-refractivity contribution is 5.14. The van der Waals surface area contributed by atoms with Gasteiger partial charge in [0, 0.05) is 12.7 Å². The molecule has 1 aromatic heterocycles. The van der Waals surface area contributed by atoms with Gasteiger partial charge in [-0.25, -0.2) is 0 Å². The molecule has 0 saturated heterocycles. The summed E-state index contributed by atoms with van der Waals surface area (Å²) < 4.78 is 2.10. The first-order valence-corrected chi connectivity index (χ1v) is 7.41. The Labute approximate surface area is 111 Å². The van der Waals surface area contributed by atoms with Crippen molar-refractivity contribution in [3.8, 4) is 0 Å². The van der Waals surface area contributed by atoms with E-state index in [0.29, 0.717) is 5.92 Å². The number of hydrogen-bond acceptors (Lipinski definition) is 2. The van der Waals surface area contributed by atoms with Crippen LogP contribution in [0.25, 0.3) is 0 Å². The Kier molecular flexibility index (Phi) is 4.81. The van der Waals surface area contributed by atoms with Crippen molar-refractivity contribution in [2.75, 3.05) is 13.6 Å². The van der Waals surface area contributed by atoms with Gasteiger partial charge in [-0.3, -0.25) is 4.68 Å². The molecule has 3 unspecified atom stereocenters. The standard InChI is InChI=1S/C15H27N3/c1-4-7-18-11-14(10-17-18)15-8-12(2)5-6-13(15)9-16-3/h10-13,15-16H,4-9H2,1-3H3. The van der Waals surface area contributed by atoms with E-state index in [9.17, 15) is 0 Å². The van der Waals surface area contributed by atoms with Crippen LogP contribution in [-0.2, 0) is 6.54 Å². The van der Waals surface area contributed by atoms with Gasteiger partial charge in [0.25, 0.3) is 0 Å². The van der Waals surface area contributed by atoms with E-state index in [2.05, 4.69) is 48.4 Å². The third-order valence-electron chi connectivity index (χ3n) is 4.26. The van der Waals surface area contributed by atoms with Gasteiger partial charge in [-0.1, -0.05) is 20.3 Å². The lowest BCUT2D eigenvalue weighted by atomic mass is 9.72. The summed E-state index contributed by atoms with van der Waals surface area (Å²) in [6, 6.07) is 0. The van der Waals surface area contributed by atoms with Gasteiger partial charge >= 0.3 is 0 Å². The van der Waals surface area contributed by atoms with Crippen molar-refractivity contribution in [3.63, 3.8) is 0 Å². The summed E-state index contributed by atoms with van der Waals surface area (Å²) in [5.74, 6) is 2.34. The Morgan fingerprint density at radius 3 is 3.00 bits per heavy atom. The Morgan fingerprint density at radius 2 is 2.28 bits per heavy atom. The third-order valence-corrected chi connectivity index (χ3v) is 4.26. The number of aromatic nitrogens is 2. The highest BCUT2D eigenvalue weighted by Gasteiger charge is 2.30. The molecule has 1 aliphatic rings. The van der Waals surface area contributed by atoms with E-state index in [0.717, 1.165) is 31.3 Å². The molecule has 0 amide bonds. The summed E-state index contributed by atoms with van der Waals surface area (Å²) in [5, 5.41) is 7.85. The van der Waals surface area contributed by atoms with Crippen LogP contribution in [0.5, 0.6) is 0 Å². The number of nitrogens with one attached hydrogen (secondary N) is 1. The highest BCUT2D eigenvalue weighted by atomic mass is 15.3. The fraction of sp³-hybridized carbons (Fsp3) is 0.800. The summed E-state index contributed by atoms with van der Waals surface area (Å²) in [7, 11) is 2.07. The van der Waals surface area contributed by atoms with Crippen LogP contribution < -0.4 is 5.32 Å². The molecule has 1 N–H and O–H groups in total. The summed E-state index contributed by atoms with van der Waals surface area (Å²) >= 11 is 0. The fourth-order valence-electron chi connectivity index (χ4n) is 3.28. The molecule has 0 aliphatic heterocycles. The van der Waals surface area contributed by atoms with Crippen LogP contribution in [0.4, 0.5) is 0 Å². The van der Waals surface area contributed by atoms with Crippen LogP contribution in [-0.4, -0.2) is 23.4 Å². The van der Waals surface area contributed by atoms with Crippen molar-refractivity contribution in [2.45, 2.75) is 52.0 Å². The van der Waals surface area contributed by atoms with Crippen molar-refractivity contribution in [3.05, 3.63) is 18.0 Å². The van der Waals surface area contributed by atoms with Crippen LogP contribution in [0.3, 0.4) is 0 Å². The Morgan fingerprint density at radius 1 is 1.44 bits per heavy atom. The molecule has 0 bridgehead atoms. The van der Waals surface area contributed by atoms with Gasteiger partial charge in [0.1, 0.15) is 0 Å². The average molecular weight is 249 g/mol. The summed E-state index contributed by atoms with van der Waals surface area (Å²) in [6.45, 7) is 6.77. The number of hydrogen-bond donors (Lipinski definition) is 1. The molecule has 3 heteroatoms. The van der Waals surface area contributed by atoms with E-state index in [1.54, 1.807) is 0 Å². The van der Waals surface area contributed by atoms with Gasteiger partial charge in [0.2, 0.25) is 0 Å². The van der Waals surface area contributed by atoms with E-state index >= 15 is 0 Å². The van der Waals surface area contributed by atoms with Crippen molar-refractivity contribution in [1.82, 2.24) is 15.1 Å². The van der Waals surface area contributed by atoms with Gasteiger partial charge < -0.3 is 5.32 Å². The van der Waals surface area contributed by atoms with Crippen LogP contribution in [0.1, 0.15) is 51.0 Å². The van der Waals surface area contributed by atoms with Crippen molar-refractivity contribution < 1.29 is 0 Å². The zero-order valence-electron chi connectivity index (χ0n) is 12.0. The smallest absolute Gasteiger partial charge is 0.0524 e. The molecule has 3 nitrogen and oxygen atoms in total. The monoisotopic (exact) mass is 249 g/mol. The lowest BCUT2D eigenvalue weighted by Crippen LogP contribution is -2.29. The second kappa shape index (κ2) is 6.37. The van der Waals surface area contributed by atoms with E-state index in [1.807, 2.05) is 0 Å². The van der Waals surface area contributed by atoms with Gasteiger partial charge in [-0.2, -0.15) is 5.10 Å². The predicted molar refractivity (Wildman–Crippen MR) is 75.7 cm³/mol. The van der Waals surface area contributed by atoms with E-state index in [1.165, 1.54) is 24.8 Å². The molecular formula is C15H27N3. The Bertz CT molecular complexity index is 358. The molecule has 1 saturated carbocycles. The molecule has 0 spiro atoms. The molecule has 1 aliphatic carbocycles. The summed E-state index contributed by atoms with van der Waals surface area (Å²) in [6.07, 6.45) is 9.58. The van der Waals surface area contributed by atoms with Gasteiger partial charge in [0.15, 0.2) is 0 Å². The molecule has 2 rings (SSSR count). The SMILES string of the molecule is CCCn1cc(C2CC(C)CCC2CNC)cn1. The average Bonchev–Trinajstić information content (AvgIpc) is 2.81. The van der Waals surface area contributed by atoms with Crippen molar-refractivity contribution >= 4 is 0 Å². The maximum atomic E-state index is 4.50. The molecule has 3 atom stereocenters. The minimum Gasteiger partial charge on any atom is -0.319 e. The summed E-state index contributed by atoms with van der Waals surface area (Å²) in [4.78, 5) is 0. The van der Waals surface area contributed by atoms with E-state index in [4.69, 9.17) is 0 Å². The molecule has 0 aromatic carbocycles. The van der Waals surface area contributed by atoms with Gasteiger partial charge in [-0.05, 0) is 56.2 Å². The molecule has 0 radical (unpaired) electrons. The zero-order chi connectivity index (χ0) is 13.0. The summed E-state index contributed by atoms with van der Waals surface area (Å²) in [5.41, 5.74) is 1.45. The first kappa shape index (κ1) is 13.6. The molecule has 18 heavy (non-hydrogen) atoms. The highest BCUT2D eigenvalue weighted by Crippen LogP contribution is 2.40. The van der Waals surface area contributed by atoms with Crippen LogP contribution in [0.15, 0.2) is 12.4 Å². The Hall–Kier alpha value is -0.830. The van der Waals surface area contributed by atoms with Crippen LogP contribution in [0, 0.1) is 11.8 Å². The van der Waals surface area contributed by atoms with E-state index < -0.39 is 0 Å². The Balaban J connectivity index is 2.10. The first-order valence-electron chi connectivity index (χ1n) is 7.41. The zero-order valence-corrected chi connectivity index (χ0v) is 12.0. The molecular weight excluding hydrogens is 222 g/mol. The molecule has 1 aromatic rings. The fourth-order valence-corrected chi connectivity index (χ4v) is 3.28. The predicted octanol–water partition coefficient (Wildman–Crippen LogP) is 3.03. The molecule has 1 fully saturated rings. The van der Waals surface area contributed by atoms with Gasteiger partial charge in [-0.15, -0.1) is 0 Å². The van der Waals surface area contributed by atoms with Crippen molar-refractivity contribution in [2.24, 2.45) is 11.8 Å². The largest absolute Gasteiger partial charge is 0.319 e. The quantitative estimate of drug-likeness (QED) is 0.869. The minimum absolute atomic E-state index is 0.701. The number of nitrogens with zero attached hydrogens (tertiary/aromatic N) is 2. The maximum absolute atomic E-state index is 4.50. The van der Waals surface area contributed by atoms with Crippen molar-refractivity contribution in [1.29, 1.82) is 0 Å². The van der Waals surface area contributed by atoms with Crippen LogP contribution >= 0.6 is 0 Å².